The lowest BCUT2D eigenvalue weighted by molar-refractivity contribution is -0.384. The molecule has 1 aliphatic rings. The first kappa shape index (κ1) is 17.2. The standard InChI is InChI=1S/C18H16ClNO5/c1-18(11-24-17(21)12-5-3-2-4-6-12)8-7-13-9-15(20(22)23)14(19)10-16(13)25-18/h2-6,9-10H,7-8,11H2,1H3. The van der Waals surface area contributed by atoms with E-state index in [1.807, 2.05) is 13.0 Å². The fraction of sp³-hybridized carbons (Fsp3) is 0.278. The molecule has 0 aliphatic carbocycles. The minimum absolute atomic E-state index is 0.0225. The van der Waals surface area contributed by atoms with Crippen molar-refractivity contribution in [3.8, 4) is 5.75 Å². The summed E-state index contributed by atoms with van der Waals surface area (Å²) in [5.41, 5.74) is 0.351. The maximum atomic E-state index is 12.1. The number of aryl methyl sites for hydroxylation is 1. The number of halogens is 1. The van der Waals surface area contributed by atoms with E-state index in [1.54, 1.807) is 24.3 Å². The topological polar surface area (TPSA) is 78.7 Å². The molecule has 0 spiro atoms. The molecule has 1 atom stereocenters. The molecule has 1 aliphatic heterocycles. The number of ether oxygens (including phenoxy) is 2. The zero-order chi connectivity index (χ0) is 18.0. The second-order valence-electron chi connectivity index (χ2n) is 6.16. The third kappa shape index (κ3) is 3.74. The molecule has 2 aromatic rings. The number of nitro benzene ring substituents is 1. The number of esters is 1. The summed E-state index contributed by atoms with van der Waals surface area (Å²) in [5, 5.41) is 11.0. The van der Waals surface area contributed by atoms with Crippen LogP contribution in [0.1, 0.15) is 29.3 Å². The van der Waals surface area contributed by atoms with Gasteiger partial charge in [-0.2, -0.15) is 0 Å². The Morgan fingerprint density at radius 2 is 2.08 bits per heavy atom. The molecule has 0 N–H and O–H groups in total. The number of nitro groups is 1. The highest BCUT2D eigenvalue weighted by molar-refractivity contribution is 6.32. The van der Waals surface area contributed by atoms with Gasteiger partial charge in [-0.25, -0.2) is 4.79 Å². The SMILES string of the molecule is CC1(COC(=O)c2ccccc2)CCc2cc([N+](=O)[O-])c(Cl)cc2O1. The van der Waals surface area contributed by atoms with Gasteiger partial charge in [0, 0.05) is 17.7 Å². The van der Waals surface area contributed by atoms with Crippen LogP contribution >= 0.6 is 11.6 Å². The van der Waals surface area contributed by atoms with Crippen molar-refractivity contribution in [2.24, 2.45) is 0 Å². The van der Waals surface area contributed by atoms with Crippen LogP contribution in [0.3, 0.4) is 0 Å². The summed E-state index contributed by atoms with van der Waals surface area (Å²) in [6, 6.07) is 11.6. The van der Waals surface area contributed by atoms with Crippen LogP contribution in [0.5, 0.6) is 5.75 Å². The van der Waals surface area contributed by atoms with Gasteiger partial charge in [0.25, 0.3) is 5.69 Å². The van der Waals surface area contributed by atoms with Gasteiger partial charge in [0.2, 0.25) is 0 Å². The molecule has 0 radical (unpaired) electrons. The summed E-state index contributed by atoms with van der Waals surface area (Å²) in [6.07, 6.45) is 1.15. The lowest BCUT2D eigenvalue weighted by Crippen LogP contribution is -2.41. The lowest BCUT2D eigenvalue weighted by atomic mass is 9.93. The van der Waals surface area contributed by atoms with Gasteiger partial charge in [0.1, 0.15) is 23.0 Å². The van der Waals surface area contributed by atoms with E-state index in [-0.39, 0.29) is 17.3 Å². The Hall–Kier alpha value is -2.60. The third-order valence-electron chi connectivity index (χ3n) is 4.12. The summed E-state index contributed by atoms with van der Waals surface area (Å²) >= 11 is 5.95. The Morgan fingerprint density at radius 1 is 1.36 bits per heavy atom. The van der Waals surface area contributed by atoms with Gasteiger partial charge < -0.3 is 9.47 Å². The average Bonchev–Trinajstić information content (AvgIpc) is 2.59. The molecule has 25 heavy (non-hydrogen) atoms. The number of nitrogens with zero attached hydrogens (tertiary/aromatic N) is 1. The third-order valence-corrected chi connectivity index (χ3v) is 4.43. The molecule has 7 heteroatoms. The quantitative estimate of drug-likeness (QED) is 0.463. The number of benzene rings is 2. The first-order valence-corrected chi connectivity index (χ1v) is 8.14. The molecule has 0 saturated heterocycles. The summed E-state index contributed by atoms with van der Waals surface area (Å²) in [7, 11) is 0. The maximum absolute atomic E-state index is 12.1. The fourth-order valence-corrected chi connectivity index (χ4v) is 2.93. The number of hydrogen-bond donors (Lipinski definition) is 0. The Kier molecular flexibility index (Phi) is 4.63. The highest BCUT2D eigenvalue weighted by Gasteiger charge is 2.34. The average molecular weight is 362 g/mol. The van der Waals surface area contributed by atoms with Crippen molar-refractivity contribution in [3.63, 3.8) is 0 Å². The van der Waals surface area contributed by atoms with E-state index >= 15 is 0 Å². The van der Waals surface area contributed by atoms with Gasteiger partial charge >= 0.3 is 5.97 Å². The maximum Gasteiger partial charge on any atom is 0.338 e. The van der Waals surface area contributed by atoms with Crippen LogP contribution < -0.4 is 4.74 Å². The Morgan fingerprint density at radius 3 is 2.76 bits per heavy atom. The number of carbonyl (C=O) groups excluding carboxylic acids is 1. The second kappa shape index (κ2) is 6.72. The van der Waals surface area contributed by atoms with Gasteiger partial charge in [-0.1, -0.05) is 29.8 Å². The molecular weight excluding hydrogens is 346 g/mol. The summed E-state index contributed by atoms with van der Waals surface area (Å²) in [4.78, 5) is 22.5. The number of fused-ring (bicyclic) bond motifs is 1. The highest BCUT2D eigenvalue weighted by Crippen LogP contribution is 2.39. The van der Waals surface area contributed by atoms with E-state index in [0.29, 0.717) is 24.2 Å². The van der Waals surface area contributed by atoms with Crippen molar-refractivity contribution in [3.05, 3.63) is 68.7 Å². The van der Waals surface area contributed by atoms with Crippen molar-refractivity contribution in [1.82, 2.24) is 0 Å². The monoisotopic (exact) mass is 361 g/mol. The lowest BCUT2D eigenvalue weighted by Gasteiger charge is -2.35. The number of carbonyl (C=O) groups is 1. The van der Waals surface area contributed by atoms with Crippen molar-refractivity contribution in [2.45, 2.75) is 25.4 Å². The van der Waals surface area contributed by atoms with Crippen LogP contribution in [-0.4, -0.2) is 23.1 Å². The Labute approximate surface area is 149 Å². The predicted molar refractivity (Wildman–Crippen MR) is 92.2 cm³/mol. The Bertz CT molecular complexity index is 824. The van der Waals surface area contributed by atoms with Gasteiger partial charge in [0.05, 0.1) is 10.5 Å². The van der Waals surface area contributed by atoms with Gasteiger partial charge in [-0.3, -0.25) is 10.1 Å². The molecule has 3 rings (SSSR count). The second-order valence-corrected chi connectivity index (χ2v) is 6.57. The van der Waals surface area contributed by atoms with Crippen molar-refractivity contribution >= 4 is 23.3 Å². The summed E-state index contributed by atoms with van der Waals surface area (Å²) in [5.74, 6) is 0.0677. The molecule has 0 saturated carbocycles. The van der Waals surface area contributed by atoms with E-state index in [4.69, 9.17) is 21.1 Å². The van der Waals surface area contributed by atoms with Crippen molar-refractivity contribution < 1.29 is 19.2 Å². The largest absolute Gasteiger partial charge is 0.484 e. The molecule has 6 nitrogen and oxygen atoms in total. The summed E-state index contributed by atoms with van der Waals surface area (Å²) in [6.45, 7) is 1.91. The molecule has 1 unspecified atom stereocenters. The van der Waals surface area contributed by atoms with Gasteiger partial charge in [-0.15, -0.1) is 0 Å². The molecule has 130 valence electrons. The van der Waals surface area contributed by atoms with Gasteiger partial charge in [0.15, 0.2) is 0 Å². The first-order valence-electron chi connectivity index (χ1n) is 7.76. The first-order chi connectivity index (χ1) is 11.9. The van der Waals surface area contributed by atoms with E-state index in [0.717, 1.165) is 5.56 Å². The van der Waals surface area contributed by atoms with E-state index in [2.05, 4.69) is 0 Å². The zero-order valence-electron chi connectivity index (χ0n) is 13.5. The van der Waals surface area contributed by atoms with E-state index in [9.17, 15) is 14.9 Å². The molecule has 2 aromatic carbocycles. The van der Waals surface area contributed by atoms with Crippen LogP contribution in [-0.2, 0) is 11.2 Å². The predicted octanol–water partition coefficient (Wildman–Crippen LogP) is 4.19. The van der Waals surface area contributed by atoms with Gasteiger partial charge in [-0.05, 0) is 31.9 Å². The van der Waals surface area contributed by atoms with Crippen LogP contribution in [0.2, 0.25) is 5.02 Å². The van der Waals surface area contributed by atoms with E-state index < -0.39 is 16.5 Å². The Balaban J connectivity index is 1.71. The minimum Gasteiger partial charge on any atom is -0.484 e. The molecule has 0 amide bonds. The fourth-order valence-electron chi connectivity index (χ4n) is 2.71. The van der Waals surface area contributed by atoms with E-state index in [1.165, 1.54) is 12.1 Å². The molecule has 0 bridgehead atoms. The van der Waals surface area contributed by atoms with Crippen LogP contribution in [0.4, 0.5) is 5.69 Å². The van der Waals surface area contributed by atoms with Crippen LogP contribution in [0.25, 0.3) is 0 Å². The zero-order valence-corrected chi connectivity index (χ0v) is 14.3. The highest BCUT2D eigenvalue weighted by atomic mass is 35.5. The molecule has 0 aromatic heterocycles. The van der Waals surface area contributed by atoms with Crippen LogP contribution in [0, 0.1) is 10.1 Å². The molecular formula is C18H16ClNO5. The molecule has 0 fully saturated rings. The van der Waals surface area contributed by atoms with Crippen molar-refractivity contribution in [2.75, 3.05) is 6.61 Å². The normalized spacial score (nSPS) is 18.8. The smallest absolute Gasteiger partial charge is 0.338 e. The summed E-state index contributed by atoms with van der Waals surface area (Å²) < 4.78 is 11.3. The number of rotatable bonds is 4. The minimum atomic E-state index is -0.711. The number of hydrogen-bond acceptors (Lipinski definition) is 5. The van der Waals surface area contributed by atoms with Crippen LogP contribution in [0.15, 0.2) is 42.5 Å². The van der Waals surface area contributed by atoms with Crippen molar-refractivity contribution in [1.29, 1.82) is 0 Å². The molecule has 1 heterocycles.